The molecule has 0 saturated carbocycles. The van der Waals surface area contributed by atoms with Crippen molar-refractivity contribution in [3.63, 3.8) is 0 Å². The van der Waals surface area contributed by atoms with E-state index in [2.05, 4.69) is 21.2 Å². The summed E-state index contributed by atoms with van der Waals surface area (Å²) < 4.78 is 14.5. The van der Waals surface area contributed by atoms with Crippen LogP contribution < -0.4 is 5.32 Å². The van der Waals surface area contributed by atoms with Crippen molar-refractivity contribution >= 4 is 27.5 Å². The summed E-state index contributed by atoms with van der Waals surface area (Å²) in [6.07, 6.45) is -0.000616. The summed E-state index contributed by atoms with van der Waals surface area (Å²) in [5, 5.41) is 13.2. The second kappa shape index (κ2) is 5.58. The first kappa shape index (κ1) is 14.2. The van der Waals surface area contributed by atoms with E-state index in [1.54, 1.807) is 24.3 Å². The first-order valence-electron chi connectivity index (χ1n) is 6.61. The normalized spacial score (nSPS) is 15.3. The molecular formula is C16H13BrFNO2. The van der Waals surface area contributed by atoms with E-state index in [4.69, 9.17) is 0 Å². The minimum absolute atomic E-state index is 0.00681. The van der Waals surface area contributed by atoms with E-state index in [-0.39, 0.29) is 11.5 Å². The number of aryl methyl sites for hydroxylation is 1. The van der Waals surface area contributed by atoms with E-state index in [1.807, 2.05) is 6.07 Å². The number of nitrogens with one attached hydrogen (secondary N) is 1. The van der Waals surface area contributed by atoms with E-state index in [1.165, 1.54) is 6.07 Å². The maximum absolute atomic E-state index is 13.9. The lowest BCUT2D eigenvalue weighted by Crippen LogP contribution is -2.19. The van der Waals surface area contributed by atoms with Crippen LogP contribution in [0.1, 0.15) is 29.2 Å². The van der Waals surface area contributed by atoms with Gasteiger partial charge in [0.25, 0.3) is 0 Å². The largest absolute Gasteiger partial charge is 0.384 e. The Kier molecular flexibility index (Phi) is 3.78. The molecule has 2 aromatic carbocycles. The van der Waals surface area contributed by atoms with Crippen molar-refractivity contribution in [3.8, 4) is 0 Å². The number of benzene rings is 2. The lowest BCUT2D eigenvalue weighted by Gasteiger charge is -2.20. The van der Waals surface area contributed by atoms with Gasteiger partial charge in [-0.15, -0.1) is 0 Å². The van der Waals surface area contributed by atoms with Gasteiger partial charge in [-0.3, -0.25) is 4.79 Å². The molecule has 3 rings (SSSR count). The van der Waals surface area contributed by atoms with Gasteiger partial charge in [0.2, 0.25) is 5.91 Å². The van der Waals surface area contributed by atoms with Gasteiger partial charge in [0.1, 0.15) is 11.9 Å². The van der Waals surface area contributed by atoms with Crippen molar-refractivity contribution in [2.75, 3.05) is 5.32 Å². The molecule has 2 N–H and O–H groups in total. The minimum Gasteiger partial charge on any atom is -0.384 e. The molecule has 3 nitrogen and oxygen atoms in total. The Hall–Kier alpha value is -1.72. The van der Waals surface area contributed by atoms with Crippen LogP contribution in [0.5, 0.6) is 0 Å². The van der Waals surface area contributed by atoms with Crippen LogP contribution in [0.15, 0.2) is 40.9 Å². The standard InChI is InChI=1S/C16H13BrFNO2/c17-11-2-1-3-12(18)15(11)16(21)10-4-6-13-9(8-10)5-7-14(20)19-13/h1-4,6,8,16,21H,5,7H2,(H,19,20). The number of rotatable bonds is 2. The molecule has 2 aromatic rings. The first-order chi connectivity index (χ1) is 10.1. The zero-order valence-electron chi connectivity index (χ0n) is 11.1. The van der Waals surface area contributed by atoms with Crippen LogP contribution in [0.4, 0.5) is 10.1 Å². The number of amides is 1. The highest BCUT2D eigenvalue weighted by molar-refractivity contribution is 9.10. The van der Waals surface area contributed by atoms with Crippen molar-refractivity contribution in [1.82, 2.24) is 0 Å². The molecule has 5 heteroatoms. The van der Waals surface area contributed by atoms with Crippen molar-refractivity contribution in [2.45, 2.75) is 18.9 Å². The molecule has 0 saturated heterocycles. The second-order valence-corrected chi connectivity index (χ2v) is 5.86. The number of hydrogen-bond acceptors (Lipinski definition) is 2. The van der Waals surface area contributed by atoms with E-state index < -0.39 is 11.9 Å². The van der Waals surface area contributed by atoms with Crippen LogP contribution in [0.2, 0.25) is 0 Å². The number of fused-ring (bicyclic) bond motifs is 1. The minimum atomic E-state index is -1.05. The van der Waals surface area contributed by atoms with E-state index >= 15 is 0 Å². The van der Waals surface area contributed by atoms with Crippen LogP contribution in [-0.2, 0) is 11.2 Å². The Bertz CT molecular complexity index is 697. The molecule has 1 atom stereocenters. The molecule has 0 fully saturated rings. The molecule has 0 aromatic heterocycles. The maximum Gasteiger partial charge on any atom is 0.224 e. The lowest BCUT2D eigenvalue weighted by atomic mass is 9.95. The number of aliphatic hydroxyl groups is 1. The third-order valence-corrected chi connectivity index (χ3v) is 4.31. The second-order valence-electron chi connectivity index (χ2n) is 5.00. The van der Waals surface area contributed by atoms with Crippen LogP contribution in [0, 0.1) is 5.82 Å². The summed E-state index contributed by atoms with van der Waals surface area (Å²) in [5.74, 6) is -0.462. The van der Waals surface area contributed by atoms with Crippen LogP contribution in [0.3, 0.4) is 0 Å². The third kappa shape index (κ3) is 2.71. The maximum atomic E-state index is 13.9. The smallest absolute Gasteiger partial charge is 0.224 e. The highest BCUT2D eigenvalue weighted by Gasteiger charge is 2.21. The third-order valence-electron chi connectivity index (χ3n) is 3.61. The van der Waals surface area contributed by atoms with Gasteiger partial charge in [-0.2, -0.15) is 0 Å². The fourth-order valence-corrected chi connectivity index (χ4v) is 3.07. The average molecular weight is 350 g/mol. The molecule has 0 bridgehead atoms. The number of aliphatic hydroxyl groups excluding tert-OH is 1. The molecule has 0 spiro atoms. The van der Waals surface area contributed by atoms with Crippen LogP contribution in [0.25, 0.3) is 0 Å². The average Bonchev–Trinajstić information content (AvgIpc) is 2.46. The summed E-state index contributed by atoms with van der Waals surface area (Å²) >= 11 is 3.27. The van der Waals surface area contributed by atoms with E-state index in [0.29, 0.717) is 22.9 Å². The number of hydrogen-bond donors (Lipinski definition) is 2. The Morgan fingerprint density at radius 3 is 2.81 bits per heavy atom. The molecule has 1 unspecified atom stereocenters. The fraction of sp³-hybridized carbons (Fsp3) is 0.188. The number of anilines is 1. The first-order valence-corrected chi connectivity index (χ1v) is 7.40. The van der Waals surface area contributed by atoms with Gasteiger partial charge in [-0.05, 0) is 35.7 Å². The summed E-state index contributed by atoms with van der Waals surface area (Å²) in [5.41, 5.74) is 2.54. The number of halogens is 2. The Labute approximate surface area is 129 Å². The highest BCUT2D eigenvalue weighted by atomic mass is 79.9. The summed E-state index contributed by atoms with van der Waals surface area (Å²) in [6.45, 7) is 0. The van der Waals surface area contributed by atoms with Gasteiger partial charge in [-0.25, -0.2) is 4.39 Å². The van der Waals surface area contributed by atoms with Crippen LogP contribution >= 0.6 is 15.9 Å². The van der Waals surface area contributed by atoms with Gasteiger partial charge in [-0.1, -0.05) is 34.1 Å². The molecular weight excluding hydrogens is 337 g/mol. The molecule has 0 aliphatic carbocycles. The number of carbonyl (C=O) groups excluding carboxylic acids is 1. The van der Waals surface area contributed by atoms with Gasteiger partial charge in [0, 0.05) is 22.1 Å². The zero-order chi connectivity index (χ0) is 15.0. The topological polar surface area (TPSA) is 49.3 Å². The lowest BCUT2D eigenvalue weighted by molar-refractivity contribution is -0.116. The molecule has 108 valence electrons. The predicted octanol–water partition coefficient (Wildman–Crippen LogP) is 3.55. The molecule has 21 heavy (non-hydrogen) atoms. The molecule has 1 heterocycles. The van der Waals surface area contributed by atoms with Gasteiger partial charge in [0.05, 0.1) is 0 Å². The van der Waals surface area contributed by atoms with Gasteiger partial charge < -0.3 is 10.4 Å². The van der Waals surface area contributed by atoms with Gasteiger partial charge >= 0.3 is 0 Å². The molecule has 0 radical (unpaired) electrons. The van der Waals surface area contributed by atoms with Crippen LogP contribution in [-0.4, -0.2) is 11.0 Å². The van der Waals surface area contributed by atoms with E-state index in [9.17, 15) is 14.3 Å². The monoisotopic (exact) mass is 349 g/mol. The molecule has 1 aliphatic rings. The number of carbonyl (C=O) groups is 1. The summed E-state index contributed by atoms with van der Waals surface area (Å²) in [7, 11) is 0. The predicted molar refractivity (Wildman–Crippen MR) is 81.6 cm³/mol. The van der Waals surface area contributed by atoms with Gasteiger partial charge in [0.15, 0.2) is 0 Å². The Morgan fingerprint density at radius 1 is 1.24 bits per heavy atom. The molecule has 1 amide bonds. The summed E-state index contributed by atoms with van der Waals surface area (Å²) in [6, 6.07) is 9.87. The SMILES string of the molecule is O=C1CCc2cc(C(O)c3c(F)cccc3Br)ccc2N1. The fourth-order valence-electron chi connectivity index (χ4n) is 2.51. The van der Waals surface area contributed by atoms with Crippen molar-refractivity contribution in [3.05, 3.63) is 63.4 Å². The quantitative estimate of drug-likeness (QED) is 0.870. The Balaban J connectivity index is 1.99. The van der Waals surface area contributed by atoms with Crippen molar-refractivity contribution < 1.29 is 14.3 Å². The van der Waals surface area contributed by atoms with Crippen molar-refractivity contribution in [1.29, 1.82) is 0 Å². The zero-order valence-corrected chi connectivity index (χ0v) is 12.7. The Morgan fingerprint density at radius 2 is 2.05 bits per heavy atom. The van der Waals surface area contributed by atoms with Crippen molar-refractivity contribution in [2.24, 2.45) is 0 Å². The summed E-state index contributed by atoms with van der Waals surface area (Å²) in [4.78, 5) is 11.3. The van der Waals surface area contributed by atoms with E-state index in [0.717, 1.165) is 11.3 Å². The highest BCUT2D eigenvalue weighted by Crippen LogP contribution is 2.33. The molecule has 1 aliphatic heterocycles.